The molecule has 1 fully saturated rings. The van der Waals surface area contributed by atoms with Gasteiger partial charge >= 0.3 is 5.97 Å². The van der Waals surface area contributed by atoms with Crippen LogP contribution in [-0.2, 0) is 9.53 Å². The van der Waals surface area contributed by atoms with Gasteiger partial charge in [-0.05, 0) is 39.7 Å². The highest BCUT2D eigenvalue weighted by molar-refractivity contribution is 5.70. The van der Waals surface area contributed by atoms with E-state index in [0.717, 1.165) is 6.54 Å². The SMILES string of the molecule is CCOC(=O)CC(C)N1CCCCCC1CC. The van der Waals surface area contributed by atoms with Crippen molar-refractivity contribution < 1.29 is 9.53 Å². The third kappa shape index (κ3) is 4.66. The summed E-state index contributed by atoms with van der Waals surface area (Å²) in [6.07, 6.45) is 6.94. The first-order valence-electron chi connectivity index (χ1n) is 7.10. The van der Waals surface area contributed by atoms with E-state index in [1.54, 1.807) is 0 Å². The molecule has 0 N–H and O–H groups in total. The summed E-state index contributed by atoms with van der Waals surface area (Å²) in [5, 5.41) is 0. The summed E-state index contributed by atoms with van der Waals surface area (Å²) in [6, 6.07) is 0.971. The molecule has 100 valence electrons. The minimum absolute atomic E-state index is 0.0564. The lowest BCUT2D eigenvalue weighted by Gasteiger charge is -2.34. The molecule has 0 spiro atoms. The van der Waals surface area contributed by atoms with Crippen molar-refractivity contribution in [3.8, 4) is 0 Å². The summed E-state index contributed by atoms with van der Waals surface area (Å²) < 4.78 is 5.04. The van der Waals surface area contributed by atoms with Gasteiger partial charge in [-0.1, -0.05) is 19.8 Å². The molecule has 0 radical (unpaired) electrons. The summed E-state index contributed by atoms with van der Waals surface area (Å²) in [7, 11) is 0. The molecule has 1 saturated heterocycles. The van der Waals surface area contributed by atoms with Gasteiger partial charge in [-0.25, -0.2) is 0 Å². The first kappa shape index (κ1) is 14.5. The number of esters is 1. The first-order valence-corrected chi connectivity index (χ1v) is 7.10. The van der Waals surface area contributed by atoms with Crippen molar-refractivity contribution in [2.24, 2.45) is 0 Å². The second-order valence-electron chi connectivity index (χ2n) is 5.01. The average molecular weight is 241 g/mol. The van der Waals surface area contributed by atoms with E-state index in [4.69, 9.17) is 4.74 Å². The Morgan fingerprint density at radius 2 is 2.12 bits per heavy atom. The molecule has 1 rings (SSSR count). The average Bonchev–Trinajstić information content (AvgIpc) is 2.53. The van der Waals surface area contributed by atoms with Crippen molar-refractivity contribution in [1.82, 2.24) is 4.90 Å². The van der Waals surface area contributed by atoms with E-state index in [0.29, 0.717) is 25.1 Å². The summed E-state index contributed by atoms with van der Waals surface area (Å²) in [4.78, 5) is 14.0. The maximum Gasteiger partial charge on any atom is 0.307 e. The summed E-state index contributed by atoms with van der Waals surface area (Å²) >= 11 is 0. The van der Waals surface area contributed by atoms with E-state index < -0.39 is 0 Å². The Bertz CT molecular complexity index is 230. The molecule has 3 nitrogen and oxygen atoms in total. The van der Waals surface area contributed by atoms with Gasteiger partial charge in [0.15, 0.2) is 0 Å². The number of ether oxygens (including phenoxy) is 1. The van der Waals surface area contributed by atoms with Gasteiger partial charge in [0.05, 0.1) is 13.0 Å². The minimum Gasteiger partial charge on any atom is -0.466 e. The molecule has 0 aromatic carbocycles. The molecule has 2 unspecified atom stereocenters. The quantitative estimate of drug-likeness (QED) is 0.693. The van der Waals surface area contributed by atoms with Gasteiger partial charge in [0.1, 0.15) is 0 Å². The number of nitrogens with zero attached hydrogens (tertiary/aromatic N) is 1. The number of carbonyl (C=O) groups is 1. The van der Waals surface area contributed by atoms with Crippen molar-refractivity contribution in [2.75, 3.05) is 13.2 Å². The maximum absolute atomic E-state index is 11.5. The van der Waals surface area contributed by atoms with Gasteiger partial charge in [-0.3, -0.25) is 9.69 Å². The highest BCUT2D eigenvalue weighted by Gasteiger charge is 2.25. The van der Waals surface area contributed by atoms with Crippen LogP contribution >= 0.6 is 0 Å². The predicted octanol–water partition coefficient (Wildman–Crippen LogP) is 2.98. The Hall–Kier alpha value is -0.570. The third-order valence-electron chi connectivity index (χ3n) is 3.73. The normalized spacial score (nSPS) is 24.1. The standard InChI is InChI=1S/C14H27NO2/c1-4-13-9-7-6-8-10-15(13)12(3)11-14(16)17-5-2/h12-13H,4-11H2,1-3H3. The van der Waals surface area contributed by atoms with Crippen molar-refractivity contribution in [2.45, 2.75) is 71.4 Å². The number of carbonyl (C=O) groups excluding carboxylic acids is 1. The molecule has 1 aliphatic heterocycles. The van der Waals surface area contributed by atoms with Crippen LogP contribution in [0.3, 0.4) is 0 Å². The van der Waals surface area contributed by atoms with E-state index >= 15 is 0 Å². The topological polar surface area (TPSA) is 29.5 Å². The molecule has 2 atom stereocenters. The zero-order valence-electron chi connectivity index (χ0n) is 11.6. The molecule has 1 heterocycles. The van der Waals surface area contributed by atoms with Gasteiger partial charge in [-0.15, -0.1) is 0 Å². The lowest BCUT2D eigenvalue weighted by Crippen LogP contribution is -2.42. The number of likely N-dealkylation sites (tertiary alicyclic amines) is 1. The van der Waals surface area contributed by atoms with E-state index in [9.17, 15) is 4.79 Å². The van der Waals surface area contributed by atoms with E-state index in [-0.39, 0.29) is 5.97 Å². The molecular weight excluding hydrogens is 214 g/mol. The van der Waals surface area contributed by atoms with E-state index in [1.807, 2.05) is 6.92 Å². The molecule has 0 bridgehead atoms. The molecule has 0 aromatic rings. The first-order chi connectivity index (χ1) is 8.19. The fraction of sp³-hybridized carbons (Fsp3) is 0.929. The molecule has 1 aliphatic rings. The third-order valence-corrected chi connectivity index (χ3v) is 3.73. The van der Waals surface area contributed by atoms with Crippen LogP contribution in [0.25, 0.3) is 0 Å². The molecule has 0 amide bonds. The summed E-state index contributed by atoms with van der Waals surface area (Å²) in [6.45, 7) is 7.90. The second kappa shape index (κ2) is 7.70. The van der Waals surface area contributed by atoms with Crippen LogP contribution in [0.5, 0.6) is 0 Å². The van der Waals surface area contributed by atoms with Crippen molar-refractivity contribution in [1.29, 1.82) is 0 Å². The monoisotopic (exact) mass is 241 g/mol. The highest BCUT2D eigenvalue weighted by Crippen LogP contribution is 2.22. The molecule has 0 aliphatic carbocycles. The highest BCUT2D eigenvalue weighted by atomic mass is 16.5. The Morgan fingerprint density at radius 3 is 2.76 bits per heavy atom. The van der Waals surface area contributed by atoms with Gasteiger partial charge in [-0.2, -0.15) is 0 Å². The largest absolute Gasteiger partial charge is 0.466 e. The van der Waals surface area contributed by atoms with Crippen LogP contribution in [0.2, 0.25) is 0 Å². The van der Waals surface area contributed by atoms with Crippen molar-refractivity contribution >= 4 is 5.97 Å². The van der Waals surface area contributed by atoms with Crippen LogP contribution in [0.4, 0.5) is 0 Å². The number of hydrogen-bond acceptors (Lipinski definition) is 3. The zero-order valence-corrected chi connectivity index (χ0v) is 11.6. The van der Waals surface area contributed by atoms with Crippen LogP contribution < -0.4 is 0 Å². The van der Waals surface area contributed by atoms with Gasteiger partial charge < -0.3 is 4.74 Å². The van der Waals surface area contributed by atoms with E-state index in [1.165, 1.54) is 32.1 Å². The lowest BCUT2D eigenvalue weighted by atomic mass is 10.1. The number of rotatable bonds is 5. The maximum atomic E-state index is 11.5. The van der Waals surface area contributed by atoms with Crippen LogP contribution in [0.1, 0.15) is 59.3 Å². The molecule has 0 aromatic heterocycles. The smallest absolute Gasteiger partial charge is 0.307 e. The van der Waals surface area contributed by atoms with Crippen LogP contribution in [-0.4, -0.2) is 36.1 Å². The Kier molecular flexibility index (Phi) is 6.56. The van der Waals surface area contributed by atoms with Gasteiger partial charge in [0.25, 0.3) is 0 Å². The Labute approximate surface area is 106 Å². The zero-order chi connectivity index (χ0) is 12.7. The second-order valence-corrected chi connectivity index (χ2v) is 5.01. The van der Waals surface area contributed by atoms with Gasteiger partial charge in [0, 0.05) is 12.1 Å². The van der Waals surface area contributed by atoms with Crippen molar-refractivity contribution in [3.63, 3.8) is 0 Å². The number of hydrogen-bond donors (Lipinski definition) is 0. The molecule has 0 saturated carbocycles. The van der Waals surface area contributed by atoms with Crippen LogP contribution in [0.15, 0.2) is 0 Å². The molecular formula is C14H27NO2. The Balaban J connectivity index is 2.51. The summed E-state index contributed by atoms with van der Waals surface area (Å²) in [5.74, 6) is -0.0564. The summed E-state index contributed by atoms with van der Waals surface area (Å²) in [5.41, 5.74) is 0. The molecule has 17 heavy (non-hydrogen) atoms. The molecule has 3 heteroatoms. The van der Waals surface area contributed by atoms with Crippen LogP contribution in [0, 0.1) is 0 Å². The fourth-order valence-corrected chi connectivity index (χ4v) is 2.80. The van der Waals surface area contributed by atoms with E-state index in [2.05, 4.69) is 18.7 Å². The Morgan fingerprint density at radius 1 is 1.35 bits per heavy atom. The van der Waals surface area contributed by atoms with Crippen molar-refractivity contribution in [3.05, 3.63) is 0 Å². The fourth-order valence-electron chi connectivity index (χ4n) is 2.80. The lowest BCUT2D eigenvalue weighted by molar-refractivity contribution is -0.144. The van der Waals surface area contributed by atoms with Gasteiger partial charge in [0.2, 0.25) is 0 Å². The minimum atomic E-state index is -0.0564. The predicted molar refractivity (Wildman–Crippen MR) is 70.0 cm³/mol.